The molecule has 0 amide bonds. The average molecular weight is 329 g/mol. The molecule has 1 aromatic carbocycles. The van der Waals surface area contributed by atoms with Crippen molar-refractivity contribution in [3.63, 3.8) is 0 Å². The van der Waals surface area contributed by atoms with Gasteiger partial charge in [-0.05, 0) is 26.2 Å². The molecule has 3 rings (SSSR count). The normalized spacial score (nSPS) is 16.1. The predicted molar refractivity (Wildman–Crippen MR) is 86.0 cm³/mol. The van der Waals surface area contributed by atoms with Crippen LogP contribution < -0.4 is 0 Å². The highest BCUT2D eigenvalue weighted by atomic mass is 19.1. The molecule has 0 spiro atoms. The second-order valence-electron chi connectivity index (χ2n) is 5.74. The lowest BCUT2D eigenvalue weighted by molar-refractivity contribution is 0.0940. The van der Waals surface area contributed by atoms with Gasteiger partial charge in [-0.25, -0.2) is 9.37 Å². The molecule has 0 bridgehead atoms. The lowest BCUT2D eigenvalue weighted by Crippen LogP contribution is -2.27. The van der Waals surface area contributed by atoms with Crippen molar-refractivity contribution in [2.75, 3.05) is 27.2 Å². The van der Waals surface area contributed by atoms with Crippen LogP contribution in [0.15, 0.2) is 33.7 Å². The van der Waals surface area contributed by atoms with E-state index in [0.717, 1.165) is 0 Å². The first-order valence-corrected chi connectivity index (χ1v) is 7.49. The van der Waals surface area contributed by atoms with Crippen molar-refractivity contribution in [1.82, 2.24) is 9.88 Å². The number of likely N-dealkylation sites (N-methyl/N-ethyl adjacent to an activating group) is 1. The number of oxazole rings is 1. The number of Topliss-reactive ketones (excluding diaryl/α,β-unsaturated/α-hetero) is 2. The molecule has 0 aliphatic heterocycles. The van der Waals surface area contributed by atoms with Crippen LogP contribution in [0.1, 0.15) is 27.5 Å². The molecule has 1 aliphatic carbocycles. The number of aromatic nitrogens is 1. The third-order valence-electron chi connectivity index (χ3n) is 3.64. The molecule has 124 valence electrons. The van der Waals surface area contributed by atoms with Crippen LogP contribution in [0.3, 0.4) is 0 Å². The minimum atomic E-state index is -0.532. The molecule has 0 saturated carbocycles. The van der Waals surface area contributed by atoms with Gasteiger partial charge in [0.05, 0.1) is 24.2 Å². The Bertz CT molecular complexity index is 839. The predicted octanol–water partition coefficient (Wildman–Crippen LogP) is 2.25. The van der Waals surface area contributed by atoms with E-state index in [2.05, 4.69) is 9.98 Å². The standard InChI is InChI=1S/C17H16FN3O3/c1-21(2)8-7-19-12-9-13(22)16-14(15(12)23)20-17(24-16)10-5-3-4-6-11(10)18/h3-6H,7-9H2,1-2H3. The maximum absolute atomic E-state index is 13.9. The molecule has 2 aromatic rings. The van der Waals surface area contributed by atoms with Crippen molar-refractivity contribution >= 4 is 17.3 Å². The molecule has 24 heavy (non-hydrogen) atoms. The van der Waals surface area contributed by atoms with E-state index < -0.39 is 11.6 Å². The van der Waals surface area contributed by atoms with E-state index in [-0.39, 0.29) is 40.8 Å². The van der Waals surface area contributed by atoms with Gasteiger partial charge in [-0.15, -0.1) is 0 Å². The number of benzene rings is 1. The van der Waals surface area contributed by atoms with Crippen LogP contribution in [-0.4, -0.2) is 54.3 Å². The highest BCUT2D eigenvalue weighted by Gasteiger charge is 2.35. The summed E-state index contributed by atoms with van der Waals surface area (Å²) in [5.74, 6) is -1.53. The Labute approximate surface area is 138 Å². The first kappa shape index (κ1) is 16.2. The average Bonchev–Trinajstić information content (AvgIpc) is 2.98. The largest absolute Gasteiger partial charge is 0.432 e. The number of carbonyl (C=O) groups is 2. The number of fused-ring (bicyclic) bond motifs is 1. The molecule has 0 saturated heterocycles. The summed E-state index contributed by atoms with van der Waals surface area (Å²) in [6.45, 7) is 1.08. The van der Waals surface area contributed by atoms with Crippen molar-refractivity contribution in [3.05, 3.63) is 41.5 Å². The molecule has 0 unspecified atom stereocenters. The van der Waals surface area contributed by atoms with Crippen molar-refractivity contribution in [2.45, 2.75) is 6.42 Å². The number of hydrogen-bond donors (Lipinski definition) is 0. The lowest BCUT2D eigenvalue weighted by atomic mass is 9.97. The second-order valence-corrected chi connectivity index (χ2v) is 5.74. The van der Waals surface area contributed by atoms with Gasteiger partial charge in [0, 0.05) is 6.54 Å². The fraction of sp³-hybridized carbons (Fsp3) is 0.294. The van der Waals surface area contributed by atoms with Crippen molar-refractivity contribution < 1.29 is 18.4 Å². The van der Waals surface area contributed by atoms with Gasteiger partial charge in [-0.3, -0.25) is 14.6 Å². The molecule has 0 radical (unpaired) electrons. The van der Waals surface area contributed by atoms with Gasteiger partial charge in [0.2, 0.25) is 23.2 Å². The third kappa shape index (κ3) is 3.03. The number of halogens is 1. The van der Waals surface area contributed by atoms with Crippen molar-refractivity contribution in [1.29, 1.82) is 0 Å². The maximum Gasteiger partial charge on any atom is 0.230 e. The molecular weight excluding hydrogens is 313 g/mol. The summed E-state index contributed by atoms with van der Waals surface area (Å²) < 4.78 is 19.2. The van der Waals surface area contributed by atoms with Crippen LogP contribution in [-0.2, 0) is 0 Å². The van der Waals surface area contributed by atoms with Gasteiger partial charge < -0.3 is 9.32 Å². The lowest BCUT2D eigenvalue weighted by Gasteiger charge is -2.10. The van der Waals surface area contributed by atoms with E-state index in [9.17, 15) is 14.0 Å². The summed E-state index contributed by atoms with van der Waals surface area (Å²) >= 11 is 0. The van der Waals surface area contributed by atoms with Gasteiger partial charge in [0.1, 0.15) is 5.82 Å². The third-order valence-corrected chi connectivity index (χ3v) is 3.64. The van der Waals surface area contributed by atoms with Gasteiger partial charge in [0.25, 0.3) is 0 Å². The molecule has 1 aliphatic rings. The van der Waals surface area contributed by atoms with E-state index in [4.69, 9.17) is 4.42 Å². The number of rotatable bonds is 4. The molecule has 0 fully saturated rings. The van der Waals surface area contributed by atoms with Crippen LogP contribution in [0.2, 0.25) is 0 Å². The van der Waals surface area contributed by atoms with Crippen LogP contribution in [0.25, 0.3) is 11.5 Å². The highest BCUT2D eigenvalue weighted by molar-refractivity contribution is 6.52. The molecular formula is C17H16FN3O3. The molecule has 0 atom stereocenters. The quantitative estimate of drug-likeness (QED) is 0.860. The number of nitrogens with zero attached hydrogens (tertiary/aromatic N) is 3. The summed E-state index contributed by atoms with van der Waals surface area (Å²) in [5, 5.41) is 0. The van der Waals surface area contributed by atoms with Crippen LogP contribution in [0, 0.1) is 5.82 Å². The highest BCUT2D eigenvalue weighted by Crippen LogP contribution is 2.28. The zero-order valence-electron chi connectivity index (χ0n) is 13.4. The van der Waals surface area contributed by atoms with Gasteiger partial charge >= 0.3 is 0 Å². The van der Waals surface area contributed by atoms with Crippen molar-refractivity contribution in [3.8, 4) is 11.5 Å². The first-order valence-electron chi connectivity index (χ1n) is 7.49. The van der Waals surface area contributed by atoms with E-state index in [1.807, 2.05) is 19.0 Å². The second kappa shape index (κ2) is 6.45. The van der Waals surface area contributed by atoms with E-state index in [0.29, 0.717) is 13.1 Å². The smallest absolute Gasteiger partial charge is 0.230 e. The van der Waals surface area contributed by atoms with Gasteiger partial charge in [0.15, 0.2) is 5.69 Å². The maximum atomic E-state index is 13.9. The molecule has 0 N–H and O–H groups in total. The molecule has 7 heteroatoms. The first-order chi connectivity index (χ1) is 11.5. The van der Waals surface area contributed by atoms with Crippen LogP contribution in [0.4, 0.5) is 4.39 Å². The topological polar surface area (TPSA) is 75.8 Å². The molecule has 1 heterocycles. The zero-order chi connectivity index (χ0) is 17.3. The van der Waals surface area contributed by atoms with Crippen LogP contribution in [0.5, 0.6) is 0 Å². The minimum absolute atomic E-state index is 0.0747. The Morgan fingerprint density at radius 3 is 2.75 bits per heavy atom. The Kier molecular flexibility index (Phi) is 4.35. The Morgan fingerprint density at radius 2 is 2.04 bits per heavy atom. The molecule has 1 aromatic heterocycles. The van der Waals surface area contributed by atoms with Crippen molar-refractivity contribution in [2.24, 2.45) is 4.99 Å². The fourth-order valence-electron chi connectivity index (χ4n) is 2.37. The monoisotopic (exact) mass is 329 g/mol. The number of hydrogen-bond acceptors (Lipinski definition) is 6. The summed E-state index contributed by atoms with van der Waals surface area (Å²) in [6, 6.07) is 5.90. The van der Waals surface area contributed by atoms with E-state index >= 15 is 0 Å². The minimum Gasteiger partial charge on any atom is -0.432 e. The van der Waals surface area contributed by atoms with Gasteiger partial charge in [-0.2, -0.15) is 0 Å². The van der Waals surface area contributed by atoms with E-state index in [1.54, 1.807) is 6.07 Å². The molecule has 6 nitrogen and oxygen atoms in total. The summed E-state index contributed by atoms with van der Waals surface area (Å²) in [5.41, 5.74) is 0.189. The fourth-order valence-corrected chi connectivity index (χ4v) is 2.37. The number of aliphatic imine (C=N–C) groups is 1. The van der Waals surface area contributed by atoms with Gasteiger partial charge in [-0.1, -0.05) is 12.1 Å². The van der Waals surface area contributed by atoms with Crippen LogP contribution >= 0.6 is 0 Å². The Morgan fingerprint density at radius 1 is 1.29 bits per heavy atom. The number of carbonyl (C=O) groups excluding carboxylic acids is 2. The Balaban J connectivity index is 1.94. The Hall–Kier alpha value is -2.67. The zero-order valence-corrected chi connectivity index (χ0v) is 13.4. The summed E-state index contributed by atoms with van der Waals surface area (Å²) in [6.07, 6.45) is -0.120. The van der Waals surface area contributed by atoms with E-state index in [1.165, 1.54) is 18.2 Å². The summed E-state index contributed by atoms with van der Waals surface area (Å²) in [7, 11) is 3.79. The SMILES string of the molecule is CN(C)CCN=C1CC(=O)c2oc(-c3ccccc3F)nc2C1=O. The summed E-state index contributed by atoms with van der Waals surface area (Å²) in [4.78, 5) is 34.8. The number of ketones is 2.